The Labute approximate surface area is 83.8 Å². The first-order valence-corrected chi connectivity index (χ1v) is 4.70. The van der Waals surface area contributed by atoms with Gasteiger partial charge in [0.1, 0.15) is 12.3 Å². The molecule has 1 atom stereocenters. The molecule has 0 aromatic carbocycles. The first kappa shape index (κ1) is 12.9. The molecule has 0 heterocycles. The summed E-state index contributed by atoms with van der Waals surface area (Å²) < 4.78 is 9.73. The third-order valence-electron chi connectivity index (χ3n) is 1.41. The first-order chi connectivity index (χ1) is 6.74. The Morgan fingerprint density at radius 3 is 2.71 bits per heavy atom. The first-order valence-electron chi connectivity index (χ1n) is 4.70. The van der Waals surface area contributed by atoms with Crippen LogP contribution < -0.4 is 5.32 Å². The molecular formula is C9H17NO4. The van der Waals surface area contributed by atoms with Crippen LogP contribution in [0.2, 0.25) is 0 Å². The topological polar surface area (TPSA) is 64.6 Å². The molecule has 0 aromatic rings. The van der Waals surface area contributed by atoms with Crippen molar-refractivity contribution in [3.63, 3.8) is 0 Å². The Balaban J connectivity index is 3.68. The van der Waals surface area contributed by atoms with Gasteiger partial charge in [-0.05, 0) is 13.3 Å². The summed E-state index contributed by atoms with van der Waals surface area (Å²) in [6.45, 7) is 4.76. The molecule has 0 bridgehead atoms. The minimum Gasteiger partial charge on any atom is -0.450 e. The minimum absolute atomic E-state index is 0.182. The molecule has 14 heavy (non-hydrogen) atoms. The summed E-state index contributed by atoms with van der Waals surface area (Å²) >= 11 is 0. The average Bonchev–Trinajstić information content (AvgIpc) is 2.21. The highest BCUT2D eigenvalue weighted by Crippen LogP contribution is 1.86. The fraction of sp³-hybridized carbons (Fsp3) is 0.778. The van der Waals surface area contributed by atoms with Gasteiger partial charge in [0.25, 0.3) is 0 Å². The van der Waals surface area contributed by atoms with Crippen LogP contribution in [0.5, 0.6) is 0 Å². The van der Waals surface area contributed by atoms with Crippen LogP contribution in [0.15, 0.2) is 0 Å². The molecular weight excluding hydrogens is 186 g/mol. The number of rotatable bonds is 7. The van der Waals surface area contributed by atoms with Gasteiger partial charge in [-0.25, -0.2) is 4.79 Å². The van der Waals surface area contributed by atoms with Crippen molar-refractivity contribution in [2.24, 2.45) is 0 Å². The van der Waals surface area contributed by atoms with Crippen LogP contribution in [0.25, 0.3) is 0 Å². The van der Waals surface area contributed by atoms with Crippen molar-refractivity contribution >= 4 is 12.4 Å². The molecule has 82 valence electrons. The number of amides is 1. The molecule has 1 amide bonds. The summed E-state index contributed by atoms with van der Waals surface area (Å²) in [6, 6.07) is -0.626. The van der Waals surface area contributed by atoms with Crippen LogP contribution in [0, 0.1) is 0 Å². The van der Waals surface area contributed by atoms with E-state index < -0.39 is 12.1 Å². The molecule has 0 spiro atoms. The van der Waals surface area contributed by atoms with E-state index in [1.807, 2.05) is 13.8 Å². The molecule has 1 N–H and O–H groups in total. The fourth-order valence-corrected chi connectivity index (χ4v) is 0.748. The van der Waals surface area contributed by atoms with Gasteiger partial charge in [0.15, 0.2) is 0 Å². The summed E-state index contributed by atoms with van der Waals surface area (Å²) in [4.78, 5) is 21.5. The summed E-state index contributed by atoms with van der Waals surface area (Å²) in [5.41, 5.74) is 0. The average molecular weight is 203 g/mol. The standard InChI is InChI=1S/C9H17NO4/c1-3-5-14-9(12)10-8(6-11)7-13-4-2/h6,8H,3-5,7H2,1-2H3,(H,10,12). The van der Waals surface area contributed by atoms with Crippen molar-refractivity contribution in [1.29, 1.82) is 0 Å². The molecule has 0 fully saturated rings. The smallest absolute Gasteiger partial charge is 0.407 e. The van der Waals surface area contributed by atoms with Crippen molar-refractivity contribution in [3.8, 4) is 0 Å². The number of alkyl carbamates (subject to hydrolysis) is 1. The SMILES string of the molecule is CCCOC(=O)NC(C=O)COCC. The van der Waals surface area contributed by atoms with E-state index in [0.29, 0.717) is 19.5 Å². The summed E-state index contributed by atoms with van der Waals surface area (Å²) in [5, 5.41) is 2.38. The van der Waals surface area contributed by atoms with Gasteiger partial charge in [-0.3, -0.25) is 0 Å². The molecule has 5 heteroatoms. The second-order valence-electron chi connectivity index (χ2n) is 2.68. The van der Waals surface area contributed by atoms with E-state index in [2.05, 4.69) is 5.32 Å². The van der Waals surface area contributed by atoms with Gasteiger partial charge in [-0.15, -0.1) is 0 Å². The number of carbonyl (C=O) groups excluding carboxylic acids is 2. The number of hydrogen-bond acceptors (Lipinski definition) is 4. The maximum Gasteiger partial charge on any atom is 0.407 e. The fourth-order valence-electron chi connectivity index (χ4n) is 0.748. The summed E-state index contributed by atoms with van der Waals surface area (Å²) in [7, 11) is 0. The van der Waals surface area contributed by atoms with Crippen LogP contribution in [0.1, 0.15) is 20.3 Å². The number of aldehydes is 1. The van der Waals surface area contributed by atoms with Gasteiger partial charge in [0.05, 0.1) is 13.2 Å². The lowest BCUT2D eigenvalue weighted by atomic mass is 10.3. The van der Waals surface area contributed by atoms with Gasteiger partial charge >= 0.3 is 6.09 Å². The highest BCUT2D eigenvalue weighted by atomic mass is 16.5. The molecule has 0 saturated carbocycles. The Morgan fingerprint density at radius 1 is 1.50 bits per heavy atom. The molecule has 0 radical (unpaired) electrons. The quantitative estimate of drug-likeness (QED) is 0.619. The maximum atomic E-state index is 11.0. The van der Waals surface area contributed by atoms with Crippen molar-refractivity contribution < 1.29 is 19.1 Å². The van der Waals surface area contributed by atoms with E-state index in [0.717, 1.165) is 6.42 Å². The second-order valence-corrected chi connectivity index (χ2v) is 2.68. The van der Waals surface area contributed by atoms with Crippen LogP contribution in [-0.4, -0.2) is 38.2 Å². The lowest BCUT2D eigenvalue weighted by molar-refractivity contribution is -0.110. The van der Waals surface area contributed by atoms with Crippen LogP contribution in [0.3, 0.4) is 0 Å². The predicted octanol–water partition coefficient (Wildman–Crippen LogP) is 0.727. The maximum absolute atomic E-state index is 11.0. The van der Waals surface area contributed by atoms with Crippen molar-refractivity contribution in [2.75, 3.05) is 19.8 Å². The molecule has 0 aliphatic carbocycles. The Morgan fingerprint density at radius 2 is 2.21 bits per heavy atom. The largest absolute Gasteiger partial charge is 0.450 e. The predicted molar refractivity (Wildman–Crippen MR) is 51.1 cm³/mol. The molecule has 0 aromatic heterocycles. The lowest BCUT2D eigenvalue weighted by Crippen LogP contribution is -2.39. The van der Waals surface area contributed by atoms with E-state index in [9.17, 15) is 9.59 Å². The van der Waals surface area contributed by atoms with E-state index >= 15 is 0 Å². The second kappa shape index (κ2) is 8.50. The Hall–Kier alpha value is -1.10. The van der Waals surface area contributed by atoms with Gasteiger partial charge in [0, 0.05) is 6.61 Å². The van der Waals surface area contributed by atoms with Crippen molar-refractivity contribution in [1.82, 2.24) is 5.32 Å². The van der Waals surface area contributed by atoms with E-state index in [1.54, 1.807) is 0 Å². The molecule has 0 rings (SSSR count). The highest BCUT2D eigenvalue weighted by molar-refractivity contribution is 5.73. The molecule has 0 aliphatic heterocycles. The van der Waals surface area contributed by atoms with E-state index in [1.165, 1.54) is 0 Å². The summed E-state index contributed by atoms with van der Waals surface area (Å²) in [6.07, 6.45) is 0.802. The number of hydrogen-bond donors (Lipinski definition) is 1. The zero-order valence-electron chi connectivity index (χ0n) is 8.62. The molecule has 5 nitrogen and oxygen atoms in total. The number of nitrogens with one attached hydrogen (secondary N) is 1. The van der Waals surface area contributed by atoms with Crippen molar-refractivity contribution in [3.05, 3.63) is 0 Å². The zero-order chi connectivity index (χ0) is 10.8. The Kier molecular flexibility index (Phi) is 7.83. The lowest BCUT2D eigenvalue weighted by Gasteiger charge is -2.12. The number of ether oxygens (including phenoxy) is 2. The van der Waals surface area contributed by atoms with E-state index in [4.69, 9.17) is 9.47 Å². The third kappa shape index (κ3) is 6.42. The van der Waals surface area contributed by atoms with Gasteiger partial charge in [0.2, 0.25) is 0 Å². The highest BCUT2D eigenvalue weighted by Gasteiger charge is 2.11. The van der Waals surface area contributed by atoms with Gasteiger partial charge in [-0.2, -0.15) is 0 Å². The Bertz CT molecular complexity index is 172. The third-order valence-corrected chi connectivity index (χ3v) is 1.41. The monoisotopic (exact) mass is 203 g/mol. The van der Waals surface area contributed by atoms with Crippen LogP contribution >= 0.6 is 0 Å². The molecule has 0 saturated heterocycles. The van der Waals surface area contributed by atoms with Crippen LogP contribution in [0.4, 0.5) is 4.79 Å². The zero-order valence-corrected chi connectivity index (χ0v) is 8.62. The minimum atomic E-state index is -0.626. The van der Waals surface area contributed by atoms with E-state index in [-0.39, 0.29) is 6.61 Å². The normalized spacial score (nSPS) is 11.9. The molecule has 1 unspecified atom stereocenters. The van der Waals surface area contributed by atoms with Crippen LogP contribution in [-0.2, 0) is 14.3 Å². The summed E-state index contributed by atoms with van der Waals surface area (Å²) in [5.74, 6) is 0. The van der Waals surface area contributed by atoms with Crippen molar-refractivity contribution in [2.45, 2.75) is 26.3 Å². The van der Waals surface area contributed by atoms with Gasteiger partial charge < -0.3 is 19.6 Å². The van der Waals surface area contributed by atoms with Gasteiger partial charge in [-0.1, -0.05) is 6.92 Å². The molecule has 0 aliphatic rings. The number of carbonyl (C=O) groups is 2.